The van der Waals surface area contributed by atoms with Gasteiger partial charge in [0.25, 0.3) is 0 Å². The highest BCUT2D eigenvalue weighted by Crippen LogP contribution is 2.29. The quantitative estimate of drug-likeness (QED) is 0.582. The molecular weight excluding hydrogens is 190 g/mol. The van der Waals surface area contributed by atoms with E-state index in [0.29, 0.717) is 13.0 Å². The van der Waals surface area contributed by atoms with Crippen LogP contribution in [-0.4, -0.2) is 44.7 Å². The molecule has 0 aromatic carbocycles. The van der Waals surface area contributed by atoms with Gasteiger partial charge in [0.2, 0.25) is 0 Å². The number of nitrogens with one attached hydrogen (secondary N) is 1. The normalized spacial score (nSPS) is 43.9. The zero-order chi connectivity index (χ0) is 9.53. The van der Waals surface area contributed by atoms with Crippen molar-refractivity contribution in [1.82, 2.24) is 5.32 Å². The lowest BCUT2D eigenvalue weighted by Gasteiger charge is -2.36. The van der Waals surface area contributed by atoms with Gasteiger partial charge in [-0.1, -0.05) is 0 Å². The van der Waals surface area contributed by atoms with Crippen molar-refractivity contribution in [2.75, 3.05) is 24.6 Å². The zero-order valence-corrected chi connectivity index (χ0v) is 8.56. The van der Waals surface area contributed by atoms with Crippen LogP contribution in [0.25, 0.3) is 0 Å². The topological polar surface area (TPSA) is 55.4 Å². The first-order valence-electron chi connectivity index (χ1n) is 4.60. The van der Waals surface area contributed by atoms with Crippen LogP contribution in [0, 0.1) is 0 Å². The van der Waals surface area contributed by atoms with Crippen LogP contribution in [0.15, 0.2) is 0 Å². The molecule has 5 heteroatoms. The van der Waals surface area contributed by atoms with E-state index in [2.05, 4.69) is 5.32 Å². The molecule has 2 aliphatic rings. The second-order valence-corrected chi connectivity index (χ2v) is 6.27. The molecule has 0 radical (unpaired) electrons. The Bertz CT molecular complexity index is 301. The van der Waals surface area contributed by atoms with Crippen molar-refractivity contribution < 1.29 is 13.2 Å². The molecular formula is C8H15NO3S. The van der Waals surface area contributed by atoms with Gasteiger partial charge >= 0.3 is 0 Å². The summed E-state index contributed by atoms with van der Waals surface area (Å²) in [6.45, 7) is 3.47. The van der Waals surface area contributed by atoms with Crippen molar-refractivity contribution in [1.29, 1.82) is 0 Å². The van der Waals surface area contributed by atoms with E-state index in [4.69, 9.17) is 4.74 Å². The summed E-state index contributed by atoms with van der Waals surface area (Å²) >= 11 is 0. The molecule has 2 unspecified atom stereocenters. The van der Waals surface area contributed by atoms with Crippen LogP contribution in [0.2, 0.25) is 0 Å². The monoisotopic (exact) mass is 205 g/mol. The number of hydrogen-bond donors (Lipinski definition) is 1. The van der Waals surface area contributed by atoms with Gasteiger partial charge in [0, 0.05) is 13.1 Å². The first kappa shape index (κ1) is 9.43. The average molecular weight is 205 g/mol. The summed E-state index contributed by atoms with van der Waals surface area (Å²) in [5.41, 5.74) is -0.420. The summed E-state index contributed by atoms with van der Waals surface area (Å²) in [6.07, 6.45) is 0.772. The molecule has 76 valence electrons. The molecule has 0 saturated carbocycles. The minimum absolute atomic E-state index is 0.127. The van der Waals surface area contributed by atoms with Crippen molar-refractivity contribution in [3.63, 3.8) is 0 Å². The largest absolute Gasteiger partial charge is 0.368 e. The standard InChI is InChI=1S/C8H15NO3S/c1-7-4-9-5-8(12-7)2-3-13(10,11)6-8/h7,9H,2-6H2,1H3. The van der Waals surface area contributed by atoms with E-state index >= 15 is 0 Å². The lowest BCUT2D eigenvalue weighted by molar-refractivity contribution is -0.0920. The molecule has 2 atom stereocenters. The third-order valence-corrected chi connectivity index (χ3v) is 4.47. The van der Waals surface area contributed by atoms with Crippen LogP contribution in [0.4, 0.5) is 0 Å². The molecule has 2 fully saturated rings. The highest BCUT2D eigenvalue weighted by atomic mass is 32.2. The fourth-order valence-corrected chi connectivity index (χ4v) is 4.08. The van der Waals surface area contributed by atoms with E-state index in [1.54, 1.807) is 0 Å². The Labute approximate surface area is 78.6 Å². The molecule has 2 saturated heterocycles. The second kappa shape index (κ2) is 2.93. The van der Waals surface area contributed by atoms with Crippen molar-refractivity contribution in [3.05, 3.63) is 0 Å². The molecule has 1 spiro atoms. The van der Waals surface area contributed by atoms with E-state index < -0.39 is 15.4 Å². The number of sulfone groups is 1. The van der Waals surface area contributed by atoms with Gasteiger partial charge in [0.15, 0.2) is 9.84 Å². The maximum Gasteiger partial charge on any atom is 0.153 e. The minimum atomic E-state index is -2.84. The van der Waals surface area contributed by atoms with Gasteiger partial charge in [-0.2, -0.15) is 0 Å². The number of ether oxygens (including phenoxy) is 1. The Hall–Kier alpha value is -0.130. The van der Waals surface area contributed by atoms with Crippen molar-refractivity contribution >= 4 is 9.84 Å². The summed E-state index contributed by atoms with van der Waals surface area (Å²) in [6, 6.07) is 0. The summed E-state index contributed by atoms with van der Waals surface area (Å²) in [7, 11) is -2.84. The summed E-state index contributed by atoms with van der Waals surface area (Å²) in [5, 5.41) is 3.22. The predicted octanol–water partition coefficient (Wildman–Crippen LogP) is -0.448. The van der Waals surface area contributed by atoms with E-state index in [0.717, 1.165) is 6.54 Å². The van der Waals surface area contributed by atoms with Crippen molar-refractivity contribution in [2.45, 2.75) is 25.0 Å². The molecule has 1 N–H and O–H groups in total. The third-order valence-electron chi connectivity index (χ3n) is 2.68. The summed E-state index contributed by atoms with van der Waals surface area (Å²) in [5.74, 6) is 0.471. The first-order valence-corrected chi connectivity index (χ1v) is 6.43. The van der Waals surface area contributed by atoms with Gasteiger partial charge in [-0.3, -0.25) is 0 Å². The Balaban J connectivity index is 2.14. The van der Waals surface area contributed by atoms with Crippen molar-refractivity contribution in [3.8, 4) is 0 Å². The van der Waals surface area contributed by atoms with Crippen LogP contribution in [0.1, 0.15) is 13.3 Å². The van der Waals surface area contributed by atoms with Gasteiger partial charge in [-0.15, -0.1) is 0 Å². The predicted molar refractivity (Wildman–Crippen MR) is 49.4 cm³/mol. The van der Waals surface area contributed by atoms with E-state index in [1.807, 2.05) is 6.92 Å². The Morgan fingerprint density at radius 3 is 2.85 bits per heavy atom. The Morgan fingerprint density at radius 2 is 2.31 bits per heavy atom. The molecule has 0 aromatic rings. The van der Waals surface area contributed by atoms with Gasteiger partial charge in [0.05, 0.1) is 23.2 Å². The second-order valence-electron chi connectivity index (χ2n) is 4.08. The maximum atomic E-state index is 11.3. The van der Waals surface area contributed by atoms with Crippen LogP contribution in [0.3, 0.4) is 0 Å². The lowest BCUT2D eigenvalue weighted by atomic mass is 10.0. The fourth-order valence-electron chi connectivity index (χ4n) is 2.13. The number of rotatable bonds is 0. The van der Waals surface area contributed by atoms with Gasteiger partial charge in [0.1, 0.15) is 0 Å². The SMILES string of the molecule is CC1CNCC2(CCS(=O)(=O)C2)O1. The maximum absolute atomic E-state index is 11.3. The highest BCUT2D eigenvalue weighted by molar-refractivity contribution is 7.91. The Kier molecular flexibility index (Phi) is 2.13. The molecule has 4 nitrogen and oxygen atoms in total. The van der Waals surface area contributed by atoms with Crippen LogP contribution in [0.5, 0.6) is 0 Å². The molecule has 2 aliphatic heterocycles. The van der Waals surface area contributed by atoms with E-state index in [1.165, 1.54) is 0 Å². The van der Waals surface area contributed by atoms with Crippen LogP contribution >= 0.6 is 0 Å². The number of morpholine rings is 1. The zero-order valence-electron chi connectivity index (χ0n) is 7.75. The van der Waals surface area contributed by atoms with E-state index in [-0.39, 0.29) is 17.6 Å². The molecule has 13 heavy (non-hydrogen) atoms. The van der Waals surface area contributed by atoms with Crippen molar-refractivity contribution in [2.24, 2.45) is 0 Å². The molecule has 0 bridgehead atoms. The smallest absolute Gasteiger partial charge is 0.153 e. The summed E-state index contributed by atoms with van der Waals surface area (Å²) in [4.78, 5) is 0. The van der Waals surface area contributed by atoms with Gasteiger partial charge in [-0.25, -0.2) is 8.42 Å². The highest BCUT2D eigenvalue weighted by Gasteiger charge is 2.45. The molecule has 2 rings (SSSR count). The van der Waals surface area contributed by atoms with Gasteiger partial charge in [-0.05, 0) is 13.3 Å². The van der Waals surface area contributed by atoms with Crippen LogP contribution in [-0.2, 0) is 14.6 Å². The first-order chi connectivity index (χ1) is 6.02. The molecule has 0 amide bonds. The summed E-state index contributed by atoms with van der Waals surface area (Å²) < 4.78 is 28.3. The van der Waals surface area contributed by atoms with Crippen LogP contribution < -0.4 is 5.32 Å². The minimum Gasteiger partial charge on any atom is -0.368 e. The average Bonchev–Trinajstić information content (AvgIpc) is 2.26. The van der Waals surface area contributed by atoms with Gasteiger partial charge < -0.3 is 10.1 Å². The number of hydrogen-bond acceptors (Lipinski definition) is 4. The fraction of sp³-hybridized carbons (Fsp3) is 1.00. The molecule has 2 heterocycles. The lowest BCUT2D eigenvalue weighted by Crippen LogP contribution is -2.53. The molecule has 0 aromatic heterocycles. The Morgan fingerprint density at radius 1 is 1.54 bits per heavy atom. The third kappa shape index (κ3) is 1.87. The van der Waals surface area contributed by atoms with E-state index in [9.17, 15) is 8.42 Å². The molecule has 0 aliphatic carbocycles.